The number of aliphatic hydroxyl groups is 1. The third-order valence-corrected chi connectivity index (χ3v) is 6.91. The molecule has 2 saturated heterocycles. The van der Waals surface area contributed by atoms with Crippen LogP contribution in [0.1, 0.15) is 33.6 Å². The molecule has 33 heavy (non-hydrogen) atoms. The predicted octanol–water partition coefficient (Wildman–Crippen LogP) is 1.52. The number of esters is 1. The summed E-state index contributed by atoms with van der Waals surface area (Å²) in [5.41, 5.74) is -0.0249. The number of carbonyl (C=O) groups excluding carboxylic acids is 2. The Bertz CT molecular complexity index is 1190. The van der Waals surface area contributed by atoms with Crippen molar-refractivity contribution in [1.29, 1.82) is 0 Å². The van der Waals surface area contributed by atoms with E-state index in [1.54, 1.807) is 32.2 Å². The predicted molar refractivity (Wildman–Crippen MR) is 117 cm³/mol. The van der Waals surface area contributed by atoms with Crippen LogP contribution >= 0.6 is 11.3 Å². The van der Waals surface area contributed by atoms with Gasteiger partial charge in [0, 0.05) is 31.1 Å². The van der Waals surface area contributed by atoms with Crippen LogP contribution in [0.2, 0.25) is 0 Å². The molecule has 0 unspecified atom stereocenters. The largest absolute Gasteiger partial charge is 0.487 e. The lowest BCUT2D eigenvalue weighted by molar-refractivity contribution is -0.182. The summed E-state index contributed by atoms with van der Waals surface area (Å²) < 4.78 is 23.0. The topological polar surface area (TPSA) is 107 Å². The van der Waals surface area contributed by atoms with Crippen molar-refractivity contribution in [3.63, 3.8) is 0 Å². The Labute approximate surface area is 194 Å². The van der Waals surface area contributed by atoms with Crippen LogP contribution in [0.4, 0.5) is 0 Å². The van der Waals surface area contributed by atoms with Gasteiger partial charge in [0.2, 0.25) is 16.4 Å². The molecular formula is C23H22N2O7S. The zero-order chi connectivity index (χ0) is 23.2. The first-order valence-corrected chi connectivity index (χ1v) is 11.4. The molecule has 1 N–H and O–H groups in total. The van der Waals surface area contributed by atoms with Crippen molar-refractivity contribution in [3.05, 3.63) is 33.6 Å². The number of carbonyl (C=O) groups is 2. The van der Waals surface area contributed by atoms with Gasteiger partial charge in [-0.1, -0.05) is 11.8 Å². The molecule has 1 amide bonds. The van der Waals surface area contributed by atoms with E-state index in [1.807, 2.05) is 0 Å². The summed E-state index contributed by atoms with van der Waals surface area (Å²) in [4.78, 5) is 31.3. The molecule has 0 bridgehead atoms. The van der Waals surface area contributed by atoms with E-state index in [1.165, 1.54) is 4.90 Å². The summed E-state index contributed by atoms with van der Waals surface area (Å²) in [6.07, 6.45) is 0.250. The molecule has 172 valence electrons. The highest BCUT2D eigenvalue weighted by Crippen LogP contribution is 2.47. The van der Waals surface area contributed by atoms with E-state index in [0.29, 0.717) is 47.2 Å². The molecule has 2 fully saturated rings. The van der Waals surface area contributed by atoms with Crippen molar-refractivity contribution in [2.45, 2.75) is 24.7 Å². The smallest absolute Gasteiger partial charge is 0.367 e. The highest BCUT2D eigenvalue weighted by Gasteiger charge is 2.47. The quantitative estimate of drug-likeness (QED) is 0.520. The van der Waals surface area contributed by atoms with Crippen molar-refractivity contribution in [3.8, 4) is 28.8 Å². The number of aromatic nitrogens is 1. The lowest BCUT2D eigenvalue weighted by atomic mass is 10.0. The summed E-state index contributed by atoms with van der Waals surface area (Å²) in [5, 5.41) is 10.8. The van der Waals surface area contributed by atoms with E-state index < -0.39 is 23.3 Å². The zero-order valence-corrected chi connectivity index (χ0v) is 19.0. The molecule has 0 saturated carbocycles. The number of ether oxygens (including phenoxy) is 4. The number of hydrogen-bond acceptors (Lipinski definition) is 9. The number of amides is 1. The standard InChI is InChI=1S/C23H22N2O7S/c1-3-29-20(26)19-24-17-15-12-14(6-7-22(28)8-9-25(2)21(22)27)4-5-16(15)30-13-23(18(17)33-19)31-10-11-32-23/h4-5,12,28H,3,8-11,13H2,1-2H3/t22-/m0/s1. The molecule has 2 aromatic rings. The Morgan fingerprint density at radius 3 is 2.85 bits per heavy atom. The Morgan fingerprint density at radius 1 is 1.36 bits per heavy atom. The number of benzene rings is 1. The summed E-state index contributed by atoms with van der Waals surface area (Å²) in [7, 11) is 1.63. The van der Waals surface area contributed by atoms with Crippen molar-refractivity contribution in [2.24, 2.45) is 0 Å². The van der Waals surface area contributed by atoms with E-state index in [9.17, 15) is 14.7 Å². The Morgan fingerprint density at radius 2 is 2.15 bits per heavy atom. The fourth-order valence-electron chi connectivity index (χ4n) is 4.01. The second-order valence-corrected chi connectivity index (χ2v) is 8.95. The van der Waals surface area contributed by atoms with E-state index in [2.05, 4.69) is 16.8 Å². The van der Waals surface area contributed by atoms with E-state index >= 15 is 0 Å². The minimum absolute atomic E-state index is 0.100. The Hall–Kier alpha value is -2.97. The van der Waals surface area contributed by atoms with E-state index in [0.717, 1.165) is 11.3 Å². The van der Waals surface area contributed by atoms with Crippen LogP contribution < -0.4 is 4.74 Å². The second kappa shape index (κ2) is 8.11. The average Bonchev–Trinajstić information content (AvgIpc) is 3.51. The van der Waals surface area contributed by atoms with Crippen molar-refractivity contribution >= 4 is 23.2 Å². The number of likely N-dealkylation sites (tertiary alicyclic amines) is 1. The molecule has 1 aromatic carbocycles. The molecule has 0 aliphatic carbocycles. The van der Waals surface area contributed by atoms with Gasteiger partial charge in [-0.25, -0.2) is 9.78 Å². The minimum atomic E-state index is -1.70. The highest BCUT2D eigenvalue weighted by atomic mass is 32.1. The van der Waals surface area contributed by atoms with Gasteiger partial charge in [-0.3, -0.25) is 4.79 Å². The molecule has 3 aliphatic heterocycles. The first-order valence-electron chi connectivity index (χ1n) is 10.6. The number of hydrogen-bond donors (Lipinski definition) is 1. The van der Waals surface area contributed by atoms with Crippen LogP contribution in [0.25, 0.3) is 11.3 Å². The molecule has 10 heteroatoms. The number of fused-ring (bicyclic) bond motifs is 4. The minimum Gasteiger partial charge on any atom is -0.487 e. The van der Waals surface area contributed by atoms with Crippen LogP contribution in [-0.2, 0) is 24.8 Å². The lowest BCUT2D eigenvalue weighted by Gasteiger charge is -2.24. The number of likely N-dealkylation sites (N-methyl/N-ethyl adjacent to an activating group) is 1. The maximum absolute atomic E-state index is 12.4. The molecule has 5 rings (SSSR count). The van der Waals surface area contributed by atoms with Gasteiger partial charge in [0.25, 0.3) is 5.91 Å². The van der Waals surface area contributed by atoms with E-state index in [-0.39, 0.29) is 24.6 Å². The summed E-state index contributed by atoms with van der Waals surface area (Å²) in [6, 6.07) is 5.24. The van der Waals surface area contributed by atoms with Crippen LogP contribution in [0, 0.1) is 11.8 Å². The normalized spacial score (nSPS) is 22.8. The number of nitrogens with zero attached hydrogens (tertiary/aromatic N) is 2. The fraction of sp³-hybridized carbons (Fsp3) is 0.435. The monoisotopic (exact) mass is 470 g/mol. The first-order chi connectivity index (χ1) is 15.8. The molecule has 9 nitrogen and oxygen atoms in total. The molecule has 4 heterocycles. The third-order valence-electron chi connectivity index (χ3n) is 5.75. The third kappa shape index (κ3) is 3.67. The summed E-state index contributed by atoms with van der Waals surface area (Å²) in [5.74, 6) is 4.08. The molecule has 3 aliphatic rings. The maximum Gasteiger partial charge on any atom is 0.367 e. The molecule has 1 spiro atoms. The van der Waals surface area contributed by atoms with E-state index in [4.69, 9.17) is 18.9 Å². The SMILES string of the molecule is CCOC(=O)c1nc2c(s1)C1(COc3ccc(C#C[C@]4(O)CCN(C)C4=O)cc3-2)OCCO1. The van der Waals surface area contributed by atoms with Gasteiger partial charge in [-0.15, -0.1) is 11.3 Å². The summed E-state index contributed by atoms with van der Waals surface area (Å²) >= 11 is 1.15. The van der Waals surface area contributed by atoms with Gasteiger partial charge in [0.05, 0.1) is 30.4 Å². The Balaban J connectivity index is 1.58. The van der Waals surface area contributed by atoms with Crippen LogP contribution in [-0.4, -0.2) is 72.5 Å². The van der Waals surface area contributed by atoms with Crippen LogP contribution in [0.5, 0.6) is 5.75 Å². The zero-order valence-electron chi connectivity index (χ0n) is 18.2. The van der Waals surface area contributed by atoms with Gasteiger partial charge in [0.1, 0.15) is 12.4 Å². The van der Waals surface area contributed by atoms with Gasteiger partial charge in [-0.2, -0.15) is 0 Å². The highest BCUT2D eigenvalue weighted by molar-refractivity contribution is 7.14. The van der Waals surface area contributed by atoms with Crippen LogP contribution in [0.3, 0.4) is 0 Å². The van der Waals surface area contributed by atoms with Crippen molar-refractivity contribution < 1.29 is 33.6 Å². The maximum atomic E-state index is 12.4. The molecule has 1 atom stereocenters. The lowest BCUT2D eigenvalue weighted by Crippen LogP contribution is -2.37. The van der Waals surface area contributed by atoms with Gasteiger partial charge < -0.3 is 29.0 Å². The second-order valence-electron chi connectivity index (χ2n) is 7.95. The first kappa shape index (κ1) is 21.9. The van der Waals surface area contributed by atoms with Gasteiger partial charge in [0.15, 0.2) is 0 Å². The average molecular weight is 471 g/mol. The van der Waals surface area contributed by atoms with Gasteiger partial charge >= 0.3 is 5.97 Å². The fourth-order valence-corrected chi connectivity index (χ4v) is 5.07. The summed E-state index contributed by atoms with van der Waals surface area (Å²) in [6.45, 7) is 3.30. The molecular weight excluding hydrogens is 448 g/mol. The van der Waals surface area contributed by atoms with Gasteiger partial charge in [-0.05, 0) is 25.1 Å². The molecule has 1 aromatic heterocycles. The van der Waals surface area contributed by atoms with Crippen molar-refractivity contribution in [2.75, 3.05) is 40.0 Å². The van der Waals surface area contributed by atoms with Crippen LogP contribution in [0.15, 0.2) is 18.2 Å². The number of thiazole rings is 1. The number of rotatable bonds is 2. The van der Waals surface area contributed by atoms with Crippen molar-refractivity contribution in [1.82, 2.24) is 9.88 Å². The Kier molecular flexibility index (Phi) is 5.37. The molecule has 0 radical (unpaired) electrons.